The normalized spacial score (nSPS) is 11.2. The summed E-state index contributed by atoms with van der Waals surface area (Å²) >= 11 is 0. The maximum absolute atomic E-state index is 8.18. The van der Waals surface area contributed by atoms with E-state index in [1.54, 1.807) is 0 Å². The lowest BCUT2D eigenvalue weighted by Crippen LogP contribution is -2.46. The van der Waals surface area contributed by atoms with Gasteiger partial charge in [-0.1, -0.05) is 10.2 Å². The van der Waals surface area contributed by atoms with Crippen LogP contribution in [-0.2, 0) is 26.6 Å². The molecule has 0 spiro atoms. The van der Waals surface area contributed by atoms with Gasteiger partial charge in [0.15, 0.2) is 0 Å². The van der Waals surface area contributed by atoms with Crippen LogP contribution >= 0.6 is 0 Å². The molecule has 0 saturated carbocycles. The van der Waals surface area contributed by atoms with Crippen molar-refractivity contribution in [1.82, 2.24) is 0 Å². The maximum atomic E-state index is 8.18. The van der Waals surface area contributed by atoms with Gasteiger partial charge in [0.2, 0.25) is 0 Å². The third kappa shape index (κ3) is 16.4. The summed E-state index contributed by atoms with van der Waals surface area (Å²) in [5, 5.41) is 6.98. The van der Waals surface area contributed by atoms with E-state index in [-0.39, 0.29) is 0 Å². The molecular weight excluding hydrogens is 452 g/mol. The van der Waals surface area contributed by atoms with Crippen molar-refractivity contribution in [3.05, 3.63) is 20.9 Å². The van der Waals surface area contributed by atoms with E-state index in [4.69, 9.17) is 37.6 Å². The minimum Gasteiger partial charge on any atom is -0.374 e. The van der Waals surface area contributed by atoms with Crippen LogP contribution in [0.5, 0.6) is 0 Å². The summed E-state index contributed by atoms with van der Waals surface area (Å²) in [5.41, 5.74) is 16.4. The van der Waals surface area contributed by atoms with Crippen molar-refractivity contribution < 1.29 is 26.6 Å². The summed E-state index contributed by atoms with van der Waals surface area (Å²) in [6.45, 7) is 15.9. The van der Waals surface area contributed by atoms with Gasteiger partial charge in [-0.3, -0.25) is 0 Å². The van der Waals surface area contributed by atoms with Gasteiger partial charge in [-0.05, 0) is 65.4 Å². The zero-order valence-corrected chi connectivity index (χ0v) is 22.6. The highest BCUT2D eigenvalue weighted by Crippen LogP contribution is 2.19. The molecule has 0 unspecified atom stereocenters. The SMILES string of the molecule is CCO[Si](CCCN=[N+]=[N-])(OCC)OCC.CCO[Si](CCCN=[N+]=[N-])(OCC)OCC. The largest absolute Gasteiger partial charge is 0.500 e. The minimum absolute atomic E-state index is 0.457. The molecule has 14 heteroatoms. The quantitative estimate of drug-likeness (QED) is 0.0718. The molecule has 0 radical (unpaired) electrons. The van der Waals surface area contributed by atoms with E-state index in [0.29, 0.717) is 64.8 Å². The van der Waals surface area contributed by atoms with Crippen molar-refractivity contribution in [2.24, 2.45) is 10.2 Å². The topological polar surface area (TPSA) is 153 Å². The van der Waals surface area contributed by atoms with Crippen LogP contribution in [0, 0.1) is 0 Å². The summed E-state index contributed by atoms with van der Waals surface area (Å²) in [7, 11) is -5.06. The Kier molecular flexibility index (Phi) is 23.7. The fourth-order valence-corrected chi connectivity index (χ4v) is 8.01. The van der Waals surface area contributed by atoms with Gasteiger partial charge in [-0.15, -0.1) is 0 Å². The Morgan fingerprint density at radius 2 is 0.781 bits per heavy atom. The first-order valence-corrected chi connectivity index (χ1v) is 15.2. The standard InChI is InChI=1S/2C9H21N3O3Si/c2*1-4-13-16(14-5-2,15-6-3)9-7-8-11-12-10/h2*4-9H2,1-3H3. The molecule has 188 valence electrons. The lowest BCUT2D eigenvalue weighted by molar-refractivity contribution is 0.0702. The third-order valence-electron chi connectivity index (χ3n) is 3.79. The Bertz CT molecular complexity index is 456. The molecule has 0 aromatic heterocycles. The molecule has 0 aromatic carbocycles. The van der Waals surface area contributed by atoms with Gasteiger partial charge < -0.3 is 26.6 Å². The highest BCUT2D eigenvalue weighted by atomic mass is 28.4. The molecule has 0 N–H and O–H groups in total. The van der Waals surface area contributed by atoms with Crippen LogP contribution in [0.25, 0.3) is 20.9 Å². The van der Waals surface area contributed by atoms with Crippen LogP contribution in [0.1, 0.15) is 54.4 Å². The molecule has 12 nitrogen and oxygen atoms in total. The average molecular weight is 495 g/mol. The molecule has 0 atom stereocenters. The van der Waals surface area contributed by atoms with E-state index in [1.165, 1.54) is 0 Å². The van der Waals surface area contributed by atoms with Crippen LogP contribution in [0.2, 0.25) is 12.1 Å². The molecule has 0 aliphatic heterocycles. The second kappa shape index (κ2) is 23.0. The average Bonchev–Trinajstić information content (AvgIpc) is 2.76. The number of nitrogens with zero attached hydrogens (tertiary/aromatic N) is 6. The highest BCUT2D eigenvalue weighted by molar-refractivity contribution is 6.61. The second-order valence-corrected chi connectivity index (χ2v) is 11.5. The fourth-order valence-electron chi connectivity index (χ4n) is 2.82. The number of hydrogen-bond acceptors (Lipinski definition) is 8. The van der Waals surface area contributed by atoms with E-state index >= 15 is 0 Å². The summed E-state index contributed by atoms with van der Waals surface area (Å²) < 4.78 is 33.9. The van der Waals surface area contributed by atoms with Crippen LogP contribution in [0.4, 0.5) is 0 Å². The summed E-state index contributed by atoms with van der Waals surface area (Å²) in [4.78, 5) is 5.42. The molecule has 0 amide bonds. The lowest BCUT2D eigenvalue weighted by atomic mass is 10.5. The smallest absolute Gasteiger partial charge is 0.374 e. The van der Waals surface area contributed by atoms with Crippen molar-refractivity contribution >= 4 is 17.6 Å². The summed E-state index contributed by atoms with van der Waals surface area (Å²) in [6.07, 6.45) is 1.46. The highest BCUT2D eigenvalue weighted by Gasteiger charge is 2.40. The first-order valence-electron chi connectivity index (χ1n) is 11.3. The molecule has 0 rings (SSSR count). The van der Waals surface area contributed by atoms with E-state index < -0.39 is 17.6 Å². The van der Waals surface area contributed by atoms with Gasteiger partial charge in [-0.2, -0.15) is 0 Å². The van der Waals surface area contributed by atoms with Gasteiger partial charge in [-0.25, -0.2) is 0 Å². The maximum Gasteiger partial charge on any atom is 0.500 e. The molecule has 0 aromatic rings. The Morgan fingerprint density at radius 3 is 0.969 bits per heavy atom. The van der Waals surface area contributed by atoms with Crippen molar-refractivity contribution in [3.8, 4) is 0 Å². The monoisotopic (exact) mass is 494 g/mol. The summed E-state index contributed by atoms with van der Waals surface area (Å²) in [6, 6.07) is 1.39. The molecule has 0 aliphatic carbocycles. The first kappa shape index (κ1) is 33.0. The number of rotatable bonds is 20. The second-order valence-electron chi connectivity index (χ2n) is 6.08. The van der Waals surface area contributed by atoms with E-state index in [0.717, 1.165) is 12.8 Å². The predicted octanol–water partition coefficient (Wildman–Crippen LogP) is 5.47. The third-order valence-corrected chi connectivity index (χ3v) is 10.1. The number of azide groups is 2. The van der Waals surface area contributed by atoms with E-state index in [9.17, 15) is 0 Å². The predicted molar refractivity (Wildman–Crippen MR) is 128 cm³/mol. The van der Waals surface area contributed by atoms with Crippen LogP contribution in [0.15, 0.2) is 10.2 Å². The van der Waals surface area contributed by atoms with E-state index in [2.05, 4.69) is 20.1 Å². The van der Waals surface area contributed by atoms with Gasteiger partial charge in [0.1, 0.15) is 0 Å². The molecule has 0 fully saturated rings. The van der Waals surface area contributed by atoms with Crippen molar-refractivity contribution in [3.63, 3.8) is 0 Å². The Morgan fingerprint density at radius 1 is 0.531 bits per heavy atom. The Labute approximate surface area is 194 Å². The zero-order chi connectivity index (χ0) is 24.6. The zero-order valence-electron chi connectivity index (χ0n) is 20.6. The Balaban J connectivity index is 0. The van der Waals surface area contributed by atoms with E-state index in [1.807, 2.05) is 41.5 Å². The molecule has 0 aliphatic rings. The molecule has 0 saturated heterocycles. The van der Waals surface area contributed by atoms with Gasteiger partial charge >= 0.3 is 17.6 Å². The van der Waals surface area contributed by atoms with Gasteiger partial charge in [0, 0.05) is 74.6 Å². The summed E-state index contributed by atoms with van der Waals surface area (Å²) in [5.74, 6) is 0. The van der Waals surface area contributed by atoms with Crippen LogP contribution in [0.3, 0.4) is 0 Å². The van der Waals surface area contributed by atoms with Crippen molar-refractivity contribution in [2.75, 3.05) is 52.7 Å². The number of hydrogen-bond donors (Lipinski definition) is 0. The molecule has 32 heavy (non-hydrogen) atoms. The Hall–Kier alpha value is -1.19. The molecule has 0 heterocycles. The molecule has 0 bridgehead atoms. The lowest BCUT2D eigenvalue weighted by Gasteiger charge is -2.28. The van der Waals surface area contributed by atoms with Crippen molar-refractivity contribution in [2.45, 2.75) is 66.5 Å². The minimum atomic E-state index is -2.53. The van der Waals surface area contributed by atoms with Crippen molar-refractivity contribution in [1.29, 1.82) is 0 Å². The van der Waals surface area contributed by atoms with Crippen LogP contribution < -0.4 is 0 Å². The first-order chi connectivity index (χ1) is 15.5. The fraction of sp³-hybridized carbons (Fsp3) is 1.00. The van der Waals surface area contributed by atoms with Crippen LogP contribution in [-0.4, -0.2) is 70.3 Å². The van der Waals surface area contributed by atoms with Gasteiger partial charge in [0.25, 0.3) is 0 Å². The molecular formula is C18H42N6O6Si2. The van der Waals surface area contributed by atoms with Gasteiger partial charge in [0.05, 0.1) is 0 Å².